The molecule has 1 rings (SSSR count). The van der Waals surface area contributed by atoms with Crippen LogP contribution in [-0.4, -0.2) is 50.2 Å². The van der Waals surface area contributed by atoms with Gasteiger partial charge in [0, 0.05) is 19.1 Å². The highest BCUT2D eigenvalue weighted by atomic mass is 16.5. The maximum Gasteiger partial charge on any atom is 0.324 e. The van der Waals surface area contributed by atoms with Crippen LogP contribution in [0.5, 0.6) is 0 Å². The standard InChI is InChI=1S/C13H26N2O2/c1-13(2,3)9-15(4)8-11(12(16)17-5)14-10-6-7-10/h10-11,14H,6-9H2,1-5H3. The summed E-state index contributed by atoms with van der Waals surface area (Å²) in [5.74, 6) is -0.155. The third kappa shape index (κ3) is 6.03. The Kier molecular flexibility index (Phi) is 4.95. The van der Waals surface area contributed by atoms with Gasteiger partial charge in [-0.05, 0) is 25.3 Å². The maximum absolute atomic E-state index is 11.7. The van der Waals surface area contributed by atoms with E-state index in [-0.39, 0.29) is 17.4 Å². The van der Waals surface area contributed by atoms with Crippen molar-refractivity contribution in [1.29, 1.82) is 0 Å². The van der Waals surface area contributed by atoms with Crippen molar-refractivity contribution >= 4 is 5.97 Å². The molecule has 0 heterocycles. The summed E-state index contributed by atoms with van der Waals surface area (Å²) < 4.78 is 4.84. The van der Waals surface area contributed by atoms with Crippen molar-refractivity contribution in [2.45, 2.75) is 45.7 Å². The van der Waals surface area contributed by atoms with Crippen molar-refractivity contribution in [2.75, 3.05) is 27.2 Å². The topological polar surface area (TPSA) is 41.6 Å². The summed E-state index contributed by atoms with van der Waals surface area (Å²) in [5, 5.41) is 3.34. The molecule has 4 heteroatoms. The van der Waals surface area contributed by atoms with Crippen LogP contribution in [-0.2, 0) is 9.53 Å². The number of carbonyl (C=O) groups excluding carboxylic acids is 1. The van der Waals surface area contributed by atoms with Crippen LogP contribution in [0.4, 0.5) is 0 Å². The highest BCUT2D eigenvalue weighted by Crippen LogP contribution is 2.20. The molecule has 1 saturated carbocycles. The van der Waals surface area contributed by atoms with Gasteiger partial charge >= 0.3 is 5.97 Å². The van der Waals surface area contributed by atoms with Crippen molar-refractivity contribution in [2.24, 2.45) is 5.41 Å². The van der Waals surface area contributed by atoms with E-state index in [1.165, 1.54) is 20.0 Å². The first kappa shape index (κ1) is 14.5. The fourth-order valence-corrected chi connectivity index (χ4v) is 2.06. The first-order valence-corrected chi connectivity index (χ1v) is 6.34. The molecule has 0 aromatic heterocycles. The second-order valence-electron chi connectivity index (χ2n) is 6.27. The Morgan fingerprint density at radius 2 is 2.06 bits per heavy atom. The molecule has 0 aromatic rings. The number of carbonyl (C=O) groups is 1. The van der Waals surface area contributed by atoms with E-state index in [0.29, 0.717) is 12.6 Å². The number of rotatable bonds is 6. The number of likely N-dealkylation sites (N-methyl/N-ethyl adjacent to an activating group) is 1. The number of hydrogen-bond donors (Lipinski definition) is 1. The fourth-order valence-electron chi connectivity index (χ4n) is 2.06. The third-order valence-corrected chi connectivity index (χ3v) is 2.74. The molecule has 4 nitrogen and oxygen atoms in total. The molecule has 0 spiro atoms. The van der Waals surface area contributed by atoms with Crippen LogP contribution < -0.4 is 5.32 Å². The quantitative estimate of drug-likeness (QED) is 0.712. The molecule has 0 aromatic carbocycles. The molecule has 17 heavy (non-hydrogen) atoms. The summed E-state index contributed by atoms with van der Waals surface area (Å²) in [5.41, 5.74) is 0.245. The minimum atomic E-state index is -0.195. The number of methoxy groups -OCH3 is 1. The van der Waals surface area contributed by atoms with Gasteiger partial charge in [0.15, 0.2) is 0 Å². The summed E-state index contributed by atoms with van der Waals surface area (Å²) in [6, 6.07) is 0.321. The molecule has 0 amide bonds. The van der Waals surface area contributed by atoms with Crippen molar-refractivity contribution in [3.8, 4) is 0 Å². The Bertz CT molecular complexity index is 257. The Labute approximate surface area is 105 Å². The Balaban J connectivity index is 2.43. The van der Waals surface area contributed by atoms with Gasteiger partial charge in [0.05, 0.1) is 7.11 Å². The molecule has 1 aliphatic rings. The van der Waals surface area contributed by atoms with Gasteiger partial charge in [0.2, 0.25) is 0 Å². The van der Waals surface area contributed by atoms with E-state index in [4.69, 9.17) is 4.74 Å². The van der Waals surface area contributed by atoms with Crippen LogP contribution in [0.2, 0.25) is 0 Å². The SMILES string of the molecule is COC(=O)C(CN(C)CC(C)(C)C)NC1CC1. The van der Waals surface area contributed by atoms with Gasteiger partial charge in [-0.1, -0.05) is 20.8 Å². The molecule has 0 saturated heterocycles. The largest absolute Gasteiger partial charge is 0.468 e. The monoisotopic (exact) mass is 242 g/mol. The second-order valence-corrected chi connectivity index (χ2v) is 6.27. The average molecular weight is 242 g/mol. The van der Waals surface area contributed by atoms with Gasteiger partial charge in [-0.25, -0.2) is 0 Å². The van der Waals surface area contributed by atoms with Crippen LogP contribution in [0.25, 0.3) is 0 Å². The zero-order chi connectivity index (χ0) is 13.1. The molecule has 1 N–H and O–H groups in total. The second kappa shape index (κ2) is 5.83. The fraction of sp³-hybridized carbons (Fsp3) is 0.923. The zero-order valence-electron chi connectivity index (χ0n) is 11.7. The summed E-state index contributed by atoms with van der Waals surface area (Å²) in [6.45, 7) is 8.27. The third-order valence-electron chi connectivity index (χ3n) is 2.74. The molecule has 0 radical (unpaired) electrons. The van der Waals surface area contributed by atoms with E-state index >= 15 is 0 Å². The first-order chi connectivity index (χ1) is 7.81. The first-order valence-electron chi connectivity index (χ1n) is 6.34. The van der Waals surface area contributed by atoms with Crippen molar-refractivity contribution in [3.63, 3.8) is 0 Å². The lowest BCUT2D eigenvalue weighted by atomic mass is 9.96. The molecule has 100 valence electrons. The average Bonchev–Trinajstić information content (AvgIpc) is 2.96. The van der Waals surface area contributed by atoms with Gasteiger partial charge in [0.25, 0.3) is 0 Å². The number of ether oxygens (including phenoxy) is 1. The molecular weight excluding hydrogens is 216 g/mol. The summed E-state index contributed by atoms with van der Waals surface area (Å²) in [7, 11) is 3.50. The van der Waals surface area contributed by atoms with E-state index in [0.717, 1.165) is 6.54 Å². The highest BCUT2D eigenvalue weighted by Gasteiger charge is 2.30. The smallest absolute Gasteiger partial charge is 0.324 e. The van der Waals surface area contributed by atoms with Gasteiger partial charge in [-0.15, -0.1) is 0 Å². The van der Waals surface area contributed by atoms with E-state index in [1.807, 2.05) is 0 Å². The van der Waals surface area contributed by atoms with Crippen molar-refractivity contribution < 1.29 is 9.53 Å². The zero-order valence-corrected chi connectivity index (χ0v) is 11.7. The van der Waals surface area contributed by atoms with Gasteiger partial charge in [-0.2, -0.15) is 0 Å². The van der Waals surface area contributed by atoms with Gasteiger partial charge in [-0.3, -0.25) is 4.79 Å². The molecule has 1 unspecified atom stereocenters. The van der Waals surface area contributed by atoms with Crippen molar-refractivity contribution in [3.05, 3.63) is 0 Å². The van der Waals surface area contributed by atoms with Gasteiger partial charge in [0.1, 0.15) is 6.04 Å². The molecule has 0 bridgehead atoms. The predicted molar refractivity (Wildman–Crippen MR) is 68.9 cm³/mol. The number of hydrogen-bond acceptors (Lipinski definition) is 4. The molecule has 1 fully saturated rings. The van der Waals surface area contributed by atoms with E-state index in [1.54, 1.807) is 0 Å². The minimum Gasteiger partial charge on any atom is -0.468 e. The van der Waals surface area contributed by atoms with E-state index < -0.39 is 0 Å². The normalized spacial score (nSPS) is 18.2. The van der Waals surface area contributed by atoms with Gasteiger partial charge < -0.3 is 15.0 Å². The highest BCUT2D eigenvalue weighted by molar-refractivity contribution is 5.76. The lowest BCUT2D eigenvalue weighted by molar-refractivity contribution is -0.143. The van der Waals surface area contributed by atoms with Crippen molar-refractivity contribution in [1.82, 2.24) is 10.2 Å². The molecular formula is C13H26N2O2. The lowest BCUT2D eigenvalue weighted by Gasteiger charge is -2.29. The van der Waals surface area contributed by atoms with Crippen LogP contribution in [0, 0.1) is 5.41 Å². The number of nitrogens with one attached hydrogen (secondary N) is 1. The van der Waals surface area contributed by atoms with Crippen LogP contribution in [0.1, 0.15) is 33.6 Å². The minimum absolute atomic E-state index is 0.155. The lowest BCUT2D eigenvalue weighted by Crippen LogP contribution is -2.48. The molecule has 1 aliphatic carbocycles. The van der Waals surface area contributed by atoms with E-state index in [2.05, 4.69) is 38.0 Å². The van der Waals surface area contributed by atoms with E-state index in [9.17, 15) is 4.79 Å². The maximum atomic E-state index is 11.7. The van der Waals surface area contributed by atoms with Crippen LogP contribution >= 0.6 is 0 Å². The summed E-state index contributed by atoms with van der Waals surface area (Å²) >= 11 is 0. The number of nitrogens with zero attached hydrogens (tertiary/aromatic N) is 1. The number of esters is 1. The molecule has 1 atom stereocenters. The van der Waals surface area contributed by atoms with Crippen LogP contribution in [0.15, 0.2) is 0 Å². The summed E-state index contributed by atoms with van der Waals surface area (Å²) in [6.07, 6.45) is 2.35. The Morgan fingerprint density at radius 1 is 1.47 bits per heavy atom. The predicted octanol–water partition coefficient (Wildman–Crippen LogP) is 1.26. The molecule has 0 aliphatic heterocycles. The Hall–Kier alpha value is -0.610. The Morgan fingerprint density at radius 3 is 2.47 bits per heavy atom. The summed E-state index contributed by atoms with van der Waals surface area (Å²) in [4.78, 5) is 13.9. The van der Waals surface area contributed by atoms with Crippen LogP contribution in [0.3, 0.4) is 0 Å².